The van der Waals surface area contributed by atoms with Crippen molar-refractivity contribution in [2.45, 2.75) is 50.7 Å². The van der Waals surface area contributed by atoms with Gasteiger partial charge in [-0.25, -0.2) is 8.42 Å². The molecule has 1 aliphatic heterocycles. The van der Waals surface area contributed by atoms with Gasteiger partial charge >= 0.3 is 6.18 Å². The second-order valence-electron chi connectivity index (χ2n) is 8.45. The Bertz CT molecular complexity index is 1060. The molecule has 9 heteroatoms. The number of piperidine rings is 1. The quantitative estimate of drug-likeness (QED) is 0.567. The third-order valence-corrected chi connectivity index (χ3v) is 7.80. The van der Waals surface area contributed by atoms with Gasteiger partial charge in [0, 0.05) is 32.1 Å². The fraction of sp³-hybridized carbons (Fsp3) is 0.458. The normalized spacial score (nSPS) is 16.0. The van der Waals surface area contributed by atoms with Crippen LogP contribution in [-0.4, -0.2) is 43.2 Å². The van der Waals surface area contributed by atoms with E-state index in [1.807, 2.05) is 43.0 Å². The number of alkyl halides is 3. The Hall–Kier alpha value is -2.39. The number of hydrogen-bond donors (Lipinski definition) is 0. The summed E-state index contributed by atoms with van der Waals surface area (Å²) in [5.41, 5.74) is 1.17. The maximum atomic E-state index is 13.2. The summed E-state index contributed by atoms with van der Waals surface area (Å²) in [7, 11) is -4.07. The van der Waals surface area contributed by atoms with Crippen LogP contribution in [0.1, 0.15) is 42.9 Å². The molecule has 2 aromatic carbocycles. The zero-order valence-corrected chi connectivity index (χ0v) is 19.6. The first-order chi connectivity index (χ1) is 15.5. The van der Waals surface area contributed by atoms with Crippen LogP contribution in [0.3, 0.4) is 0 Å². The standard InChI is InChI=1S/C24H29F3N2O3S/c1-3-13-28(17-19-9-7-18(2)8-10-19)23(30)20-11-14-29(15-12-20)33(31,32)22-6-4-5-21(16-22)24(25,26)27/h4-10,16,20H,3,11-15,17H2,1-2H3. The zero-order valence-electron chi connectivity index (χ0n) is 18.8. The van der Waals surface area contributed by atoms with Gasteiger partial charge in [-0.1, -0.05) is 42.8 Å². The molecule has 1 saturated heterocycles. The van der Waals surface area contributed by atoms with Crippen LogP contribution in [0.2, 0.25) is 0 Å². The number of halogens is 3. The summed E-state index contributed by atoms with van der Waals surface area (Å²) in [4.78, 5) is 14.6. The van der Waals surface area contributed by atoms with E-state index >= 15 is 0 Å². The molecular formula is C24H29F3N2O3S. The second-order valence-corrected chi connectivity index (χ2v) is 10.4. The summed E-state index contributed by atoms with van der Waals surface area (Å²) >= 11 is 0. The summed E-state index contributed by atoms with van der Waals surface area (Å²) < 4.78 is 66.0. The molecule has 1 aliphatic rings. The van der Waals surface area contributed by atoms with E-state index in [1.165, 1.54) is 10.4 Å². The van der Waals surface area contributed by atoms with E-state index in [2.05, 4.69) is 0 Å². The lowest BCUT2D eigenvalue weighted by atomic mass is 9.96. The average Bonchev–Trinajstić information content (AvgIpc) is 2.79. The van der Waals surface area contributed by atoms with Crippen LogP contribution in [0.25, 0.3) is 0 Å². The first-order valence-electron chi connectivity index (χ1n) is 11.0. The molecular weight excluding hydrogens is 453 g/mol. The van der Waals surface area contributed by atoms with Crippen LogP contribution in [0.4, 0.5) is 13.2 Å². The van der Waals surface area contributed by atoms with E-state index in [1.54, 1.807) is 0 Å². The van der Waals surface area contributed by atoms with Gasteiger partial charge in [0.05, 0.1) is 10.5 Å². The molecule has 3 rings (SSSR count). The summed E-state index contributed by atoms with van der Waals surface area (Å²) in [5.74, 6) is -0.316. The van der Waals surface area contributed by atoms with Gasteiger partial charge in [0.25, 0.3) is 0 Å². The van der Waals surface area contributed by atoms with Gasteiger partial charge in [-0.15, -0.1) is 0 Å². The Morgan fingerprint density at radius 1 is 1.09 bits per heavy atom. The van der Waals surface area contributed by atoms with E-state index in [-0.39, 0.29) is 29.8 Å². The number of rotatable bonds is 7. The second kappa shape index (κ2) is 10.3. The Morgan fingerprint density at radius 2 is 1.73 bits per heavy atom. The molecule has 1 amide bonds. The van der Waals surface area contributed by atoms with Gasteiger partial charge in [0.15, 0.2) is 0 Å². The van der Waals surface area contributed by atoms with Gasteiger partial charge < -0.3 is 4.90 Å². The van der Waals surface area contributed by atoms with E-state index in [0.717, 1.165) is 29.7 Å². The van der Waals surface area contributed by atoms with Crippen LogP contribution in [0.15, 0.2) is 53.4 Å². The molecule has 0 atom stereocenters. The van der Waals surface area contributed by atoms with E-state index < -0.39 is 21.8 Å². The third kappa shape index (κ3) is 6.14. The molecule has 1 heterocycles. The minimum absolute atomic E-state index is 0.00598. The van der Waals surface area contributed by atoms with Gasteiger partial charge in [0.1, 0.15) is 0 Å². The number of benzene rings is 2. The van der Waals surface area contributed by atoms with Crippen LogP contribution in [-0.2, 0) is 27.5 Å². The van der Waals surface area contributed by atoms with Gasteiger partial charge in [-0.3, -0.25) is 4.79 Å². The fourth-order valence-electron chi connectivity index (χ4n) is 4.03. The smallest absolute Gasteiger partial charge is 0.338 e. The molecule has 33 heavy (non-hydrogen) atoms. The van der Waals surface area contributed by atoms with Gasteiger partial charge in [-0.05, 0) is 49.9 Å². The highest BCUT2D eigenvalue weighted by molar-refractivity contribution is 7.89. The predicted octanol–water partition coefficient (Wildman–Crippen LogP) is 4.85. The molecule has 2 aromatic rings. The molecule has 0 saturated carbocycles. The molecule has 0 aromatic heterocycles. The zero-order chi connectivity index (χ0) is 24.2. The van der Waals surface area contributed by atoms with Crippen LogP contribution < -0.4 is 0 Å². The molecule has 0 bridgehead atoms. The molecule has 180 valence electrons. The Kier molecular flexibility index (Phi) is 7.84. The van der Waals surface area contributed by atoms with Gasteiger partial charge in [-0.2, -0.15) is 17.5 Å². The largest absolute Gasteiger partial charge is 0.416 e. The van der Waals surface area contributed by atoms with Crippen molar-refractivity contribution in [2.24, 2.45) is 5.92 Å². The van der Waals surface area contributed by atoms with Crippen molar-refractivity contribution in [3.05, 3.63) is 65.2 Å². The highest BCUT2D eigenvalue weighted by Gasteiger charge is 2.36. The average molecular weight is 483 g/mol. The first kappa shape index (κ1) is 25.2. The molecule has 0 unspecified atom stereocenters. The maximum absolute atomic E-state index is 13.2. The summed E-state index contributed by atoms with van der Waals surface area (Å²) in [5, 5.41) is 0. The van der Waals surface area contributed by atoms with Crippen LogP contribution in [0, 0.1) is 12.8 Å². The van der Waals surface area contributed by atoms with Crippen molar-refractivity contribution >= 4 is 15.9 Å². The Labute approximate surface area is 193 Å². The molecule has 0 radical (unpaired) electrons. The van der Waals surface area contributed by atoms with Crippen LogP contribution in [0.5, 0.6) is 0 Å². The molecule has 0 spiro atoms. The number of aryl methyl sites for hydroxylation is 1. The summed E-state index contributed by atoms with van der Waals surface area (Å²) in [6.07, 6.45) is -3.14. The van der Waals surface area contributed by atoms with E-state index in [9.17, 15) is 26.4 Å². The topological polar surface area (TPSA) is 57.7 Å². The van der Waals surface area contributed by atoms with Crippen LogP contribution >= 0.6 is 0 Å². The van der Waals surface area contributed by atoms with Crippen molar-refractivity contribution < 1.29 is 26.4 Å². The predicted molar refractivity (Wildman–Crippen MR) is 120 cm³/mol. The highest BCUT2D eigenvalue weighted by atomic mass is 32.2. The number of sulfonamides is 1. The number of carbonyl (C=O) groups excluding carboxylic acids is 1. The van der Waals surface area contributed by atoms with Crippen molar-refractivity contribution in [1.29, 1.82) is 0 Å². The van der Waals surface area contributed by atoms with Gasteiger partial charge in [0.2, 0.25) is 15.9 Å². The Balaban J connectivity index is 1.67. The Morgan fingerprint density at radius 3 is 2.30 bits per heavy atom. The number of nitrogens with zero attached hydrogens (tertiary/aromatic N) is 2. The minimum Gasteiger partial charge on any atom is -0.338 e. The monoisotopic (exact) mass is 482 g/mol. The van der Waals surface area contributed by atoms with Crippen molar-refractivity contribution in [1.82, 2.24) is 9.21 Å². The third-order valence-electron chi connectivity index (χ3n) is 5.90. The number of amides is 1. The fourth-order valence-corrected chi connectivity index (χ4v) is 5.55. The SMILES string of the molecule is CCCN(Cc1ccc(C)cc1)C(=O)C1CCN(S(=O)(=O)c2cccc(C(F)(F)F)c2)CC1. The molecule has 5 nitrogen and oxygen atoms in total. The lowest BCUT2D eigenvalue weighted by Crippen LogP contribution is -2.44. The molecule has 0 aliphatic carbocycles. The van der Waals surface area contributed by atoms with Crippen molar-refractivity contribution in [2.75, 3.05) is 19.6 Å². The number of hydrogen-bond acceptors (Lipinski definition) is 3. The number of carbonyl (C=O) groups is 1. The van der Waals surface area contributed by atoms with E-state index in [4.69, 9.17) is 0 Å². The lowest BCUT2D eigenvalue weighted by Gasteiger charge is -2.34. The summed E-state index contributed by atoms with van der Waals surface area (Å²) in [6.45, 7) is 5.30. The maximum Gasteiger partial charge on any atom is 0.416 e. The van der Waals surface area contributed by atoms with Crippen molar-refractivity contribution in [3.63, 3.8) is 0 Å². The molecule has 1 fully saturated rings. The molecule has 0 N–H and O–H groups in total. The highest BCUT2D eigenvalue weighted by Crippen LogP contribution is 2.32. The van der Waals surface area contributed by atoms with E-state index in [0.29, 0.717) is 32.0 Å². The van der Waals surface area contributed by atoms with Crippen molar-refractivity contribution in [3.8, 4) is 0 Å². The minimum atomic E-state index is -4.62. The lowest BCUT2D eigenvalue weighted by molar-refractivity contribution is -0.138. The first-order valence-corrected chi connectivity index (χ1v) is 12.5. The summed E-state index contributed by atoms with van der Waals surface area (Å²) in [6, 6.07) is 11.8.